The minimum absolute atomic E-state index is 0.000266. The van der Waals surface area contributed by atoms with Crippen LogP contribution >= 0.6 is 0 Å². The average molecular weight is 357 g/mol. The molecule has 2 unspecified atom stereocenters. The number of aryl methyl sites for hydroxylation is 2. The fourth-order valence-electron chi connectivity index (χ4n) is 4.67. The van der Waals surface area contributed by atoms with Gasteiger partial charge in [0.25, 0.3) is 5.91 Å². The molecule has 27 heavy (non-hydrogen) atoms. The summed E-state index contributed by atoms with van der Waals surface area (Å²) in [5, 5.41) is 7.63. The maximum Gasteiger partial charge on any atom is 0.255 e. The van der Waals surface area contributed by atoms with Crippen molar-refractivity contribution >= 4 is 5.91 Å². The molecule has 0 saturated heterocycles. The van der Waals surface area contributed by atoms with Gasteiger partial charge in [-0.1, -0.05) is 54.6 Å². The third-order valence-corrected chi connectivity index (χ3v) is 6.30. The van der Waals surface area contributed by atoms with E-state index in [-0.39, 0.29) is 17.4 Å². The number of aromatic nitrogens is 2. The van der Waals surface area contributed by atoms with Crippen LogP contribution in [0.5, 0.6) is 0 Å². The summed E-state index contributed by atoms with van der Waals surface area (Å²) in [4.78, 5) is 13.0. The fourth-order valence-corrected chi connectivity index (χ4v) is 4.67. The molecule has 1 spiro atoms. The van der Waals surface area contributed by atoms with E-state index in [0.717, 1.165) is 25.0 Å². The predicted octanol–water partition coefficient (Wildman–Crippen LogP) is 3.40. The zero-order valence-corrected chi connectivity index (χ0v) is 15.5. The van der Waals surface area contributed by atoms with E-state index in [1.165, 1.54) is 16.7 Å². The summed E-state index contributed by atoms with van der Waals surface area (Å²) in [6, 6.07) is 19.1. The van der Waals surface area contributed by atoms with Crippen molar-refractivity contribution in [2.75, 3.05) is 0 Å². The van der Waals surface area contributed by atoms with Crippen LogP contribution in [0.25, 0.3) is 0 Å². The van der Waals surface area contributed by atoms with Crippen LogP contribution in [-0.4, -0.2) is 21.7 Å². The van der Waals surface area contributed by atoms with Crippen molar-refractivity contribution in [2.24, 2.45) is 7.05 Å². The van der Waals surface area contributed by atoms with E-state index in [9.17, 15) is 4.79 Å². The number of carbonyl (C=O) groups is 1. The highest BCUT2D eigenvalue weighted by Crippen LogP contribution is 2.56. The SMILES string of the molecule is Cn1ncc(C(=O)NC2CC23CCc2ccccc23)c1Cc1ccccc1. The highest BCUT2D eigenvalue weighted by atomic mass is 16.1. The summed E-state index contributed by atoms with van der Waals surface area (Å²) >= 11 is 0. The first-order chi connectivity index (χ1) is 13.2. The Morgan fingerprint density at radius 3 is 2.81 bits per heavy atom. The van der Waals surface area contributed by atoms with E-state index in [1.54, 1.807) is 6.20 Å². The van der Waals surface area contributed by atoms with Gasteiger partial charge >= 0.3 is 0 Å². The third kappa shape index (κ3) is 2.67. The Morgan fingerprint density at radius 1 is 1.19 bits per heavy atom. The Bertz CT molecular complexity index is 1010. The van der Waals surface area contributed by atoms with Crippen LogP contribution in [0, 0.1) is 0 Å². The molecule has 1 heterocycles. The lowest BCUT2D eigenvalue weighted by atomic mass is 9.97. The van der Waals surface area contributed by atoms with Gasteiger partial charge in [-0.25, -0.2) is 0 Å². The standard InChI is InChI=1S/C23H23N3O/c1-26-20(13-16-7-3-2-4-8-16)18(15-24-26)22(27)25-21-14-23(21)12-11-17-9-5-6-10-19(17)23/h2-10,15,21H,11-14H2,1H3,(H,25,27). The van der Waals surface area contributed by atoms with E-state index in [1.807, 2.05) is 29.9 Å². The Balaban J connectivity index is 1.35. The number of nitrogens with one attached hydrogen (secondary N) is 1. The molecule has 1 N–H and O–H groups in total. The van der Waals surface area contributed by atoms with E-state index >= 15 is 0 Å². The Morgan fingerprint density at radius 2 is 1.96 bits per heavy atom. The number of fused-ring (bicyclic) bond motifs is 2. The Kier molecular flexibility index (Phi) is 3.67. The zero-order chi connectivity index (χ0) is 18.4. The summed E-state index contributed by atoms with van der Waals surface area (Å²) in [6.07, 6.45) is 5.71. The number of amides is 1. The predicted molar refractivity (Wildman–Crippen MR) is 105 cm³/mol. The topological polar surface area (TPSA) is 46.9 Å². The third-order valence-electron chi connectivity index (χ3n) is 6.30. The van der Waals surface area contributed by atoms with Crippen molar-refractivity contribution in [3.8, 4) is 0 Å². The molecular formula is C23H23N3O. The first kappa shape index (κ1) is 16.3. The van der Waals surface area contributed by atoms with Gasteiger partial charge in [0.15, 0.2) is 0 Å². The number of hydrogen-bond acceptors (Lipinski definition) is 2. The highest BCUT2D eigenvalue weighted by Gasteiger charge is 2.58. The molecule has 1 fully saturated rings. The second-order valence-electron chi connectivity index (χ2n) is 7.83. The maximum atomic E-state index is 13.0. The van der Waals surface area contributed by atoms with Crippen LogP contribution in [0.15, 0.2) is 60.8 Å². The average Bonchev–Trinajstić information content (AvgIpc) is 3.05. The van der Waals surface area contributed by atoms with Crippen LogP contribution in [0.4, 0.5) is 0 Å². The molecule has 3 aromatic rings. The number of hydrogen-bond donors (Lipinski definition) is 1. The quantitative estimate of drug-likeness (QED) is 0.778. The van der Waals surface area contributed by atoms with Gasteiger partial charge in [0.05, 0.1) is 17.5 Å². The van der Waals surface area contributed by atoms with Gasteiger partial charge < -0.3 is 5.32 Å². The van der Waals surface area contributed by atoms with Crippen molar-refractivity contribution in [1.82, 2.24) is 15.1 Å². The van der Waals surface area contributed by atoms with Crippen molar-refractivity contribution in [3.05, 3.63) is 88.7 Å². The zero-order valence-electron chi connectivity index (χ0n) is 15.5. The highest BCUT2D eigenvalue weighted by molar-refractivity contribution is 5.96. The molecule has 5 rings (SSSR count). The van der Waals surface area contributed by atoms with Crippen LogP contribution in [-0.2, 0) is 25.3 Å². The van der Waals surface area contributed by atoms with E-state index in [4.69, 9.17) is 0 Å². The smallest absolute Gasteiger partial charge is 0.255 e. The van der Waals surface area contributed by atoms with Crippen LogP contribution in [0.1, 0.15) is 45.6 Å². The van der Waals surface area contributed by atoms with Gasteiger partial charge in [0, 0.05) is 24.9 Å². The Hall–Kier alpha value is -2.88. The molecule has 136 valence electrons. The molecule has 2 aliphatic carbocycles. The molecule has 2 aromatic carbocycles. The summed E-state index contributed by atoms with van der Waals surface area (Å²) in [5.74, 6) is 0.000266. The van der Waals surface area contributed by atoms with Gasteiger partial charge in [-0.15, -0.1) is 0 Å². The second kappa shape index (κ2) is 6.08. The van der Waals surface area contributed by atoms with Gasteiger partial charge in [-0.3, -0.25) is 9.48 Å². The molecule has 0 aliphatic heterocycles. The summed E-state index contributed by atoms with van der Waals surface area (Å²) in [6.45, 7) is 0. The normalized spacial score (nSPS) is 22.6. The number of nitrogens with zero attached hydrogens (tertiary/aromatic N) is 2. The minimum atomic E-state index is 0.000266. The van der Waals surface area contributed by atoms with E-state index in [2.05, 4.69) is 46.8 Å². The lowest BCUT2D eigenvalue weighted by Gasteiger charge is -2.13. The summed E-state index contributed by atoms with van der Waals surface area (Å²) in [5.41, 5.74) is 5.87. The molecule has 0 bridgehead atoms. The van der Waals surface area contributed by atoms with Crippen LogP contribution < -0.4 is 5.32 Å². The summed E-state index contributed by atoms with van der Waals surface area (Å²) in [7, 11) is 1.90. The largest absolute Gasteiger partial charge is 0.348 e. The lowest BCUT2D eigenvalue weighted by Crippen LogP contribution is -2.31. The monoisotopic (exact) mass is 357 g/mol. The molecule has 1 saturated carbocycles. The van der Waals surface area contributed by atoms with Gasteiger partial charge in [-0.05, 0) is 36.0 Å². The first-order valence-electron chi connectivity index (χ1n) is 9.61. The fraction of sp³-hybridized carbons (Fsp3) is 0.304. The van der Waals surface area contributed by atoms with Crippen molar-refractivity contribution in [3.63, 3.8) is 0 Å². The Labute approximate surface area is 159 Å². The first-order valence-corrected chi connectivity index (χ1v) is 9.61. The van der Waals surface area contributed by atoms with Gasteiger partial charge in [0.2, 0.25) is 0 Å². The molecule has 0 radical (unpaired) electrons. The molecular weight excluding hydrogens is 334 g/mol. The number of carbonyl (C=O) groups excluding carboxylic acids is 1. The van der Waals surface area contributed by atoms with Gasteiger partial charge in [0.1, 0.15) is 0 Å². The van der Waals surface area contributed by atoms with E-state index in [0.29, 0.717) is 12.0 Å². The summed E-state index contributed by atoms with van der Waals surface area (Å²) < 4.78 is 1.81. The van der Waals surface area contributed by atoms with Gasteiger partial charge in [-0.2, -0.15) is 5.10 Å². The molecule has 1 aromatic heterocycles. The van der Waals surface area contributed by atoms with Crippen LogP contribution in [0.2, 0.25) is 0 Å². The number of rotatable bonds is 4. The van der Waals surface area contributed by atoms with Crippen molar-refractivity contribution < 1.29 is 4.79 Å². The number of benzene rings is 2. The minimum Gasteiger partial charge on any atom is -0.348 e. The maximum absolute atomic E-state index is 13.0. The molecule has 4 heteroatoms. The van der Waals surface area contributed by atoms with Crippen molar-refractivity contribution in [2.45, 2.75) is 37.1 Å². The molecule has 1 amide bonds. The van der Waals surface area contributed by atoms with E-state index < -0.39 is 0 Å². The lowest BCUT2D eigenvalue weighted by molar-refractivity contribution is 0.0947. The molecule has 4 nitrogen and oxygen atoms in total. The molecule has 2 atom stereocenters. The molecule has 2 aliphatic rings. The van der Waals surface area contributed by atoms with Crippen molar-refractivity contribution in [1.29, 1.82) is 0 Å². The van der Waals surface area contributed by atoms with Crippen LogP contribution in [0.3, 0.4) is 0 Å². The second-order valence-corrected chi connectivity index (χ2v) is 7.83.